The second-order valence-corrected chi connectivity index (χ2v) is 6.40. The van der Waals surface area contributed by atoms with Crippen LogP contribution >= 0.6 is 11.8 Å². The SMILES string of the molecule is Cc1cc(NC(=O)COC(=O)[C@@H](C)Sc2ccc([N+](=O)[O-])cc2)no1. The number of anilines is 1. The molecule has 0 bridgehead atoms. The van der Waals surface area contributed by atoms with Crippen LogP contribution in [0.2, 0.25) is 0 Å². The smallest absolute Gasteiger partial charge is 0.319 e. The fraction of sp³-hybridized carbons (Fsp3) is 0.267. The largest absolute Gasteiger partial charge is 0.455 e. The van der Waals surface area contributed by atoms with Crippen LogP contribution in [0.15, 0.2) is 39.8 Å². The van der Waals surface area contributed by atoms with Crippen LogP contribution in [0.25, 0.3) is 0 Å². The summed E-state index contributed by atoms with van der Waals surface area (Å²) < 4.78 is 9.74. The molecule has 1 amide bonds. The standard InChI is InChI=1S/C15H15N3O6S/c1-9-7-13(17-24-9)16-14(19)8-23-15(20)10(2)25-12-5-3-11(4-6-12)18(21)22/h3-7,10H,8H2,1-2H3,(H,16,17,19)/t10-/m1/s1. The lowest BCUT2D eigenvalue weighted by atomic mass is 10.3. The van der Waals surface area contributed by atoms with E-state index in [0.29, 0.717) is 10.7 Å². The maximum absolute atomic E-state index is 11.9. The van der Waals surface area contributed by atoms with E-state index < -0.39 is 28.7 Å². The number of carbonyl (C=O) groups excluding carboxylic acids is 2. The summed E-state index contributed by atoms with van der Waals surface area (Å²) in [6.45, 7) is 2.85. The van der Waals surface area contributed by atoms with E-state index in [1.165, 1.54) is 30.0 Å². The van der Waals surface area contributed by atoms with Gasteiger partial charge in [0.1, 0.15) is 11.0 Å². The van der Waals surface area contributed by atoms with Gasteiger partial charge in [-0.3, -0.25) is 19.7 Å². The van der Waals surface area contributed by atoms with Gasteiger partial charge in [0.2, 0.25) is 0 Å². The molecule has 2 rings (SSSR count). The summed E-state index contributed by atoms with van der Waals surface area (Å²) in [5, 5.41) is 16.0. The van der Waals surface area contributed by atoms with Crippen molar-refractivity contribution in [3.05, 3.63) is 46.2 Å². The van der Waals surface area contributed by atoms with E-state index in [1.807, 2.05) is 0 Å². The van der Waals surface area contributed by atoms with Gasteiger partial charge in [0.05, 0.1) is 4.92 Å². The number of nitro benzene ring substituents is 1. The van der Waals surface area contributed by atoms with E-state index >= 15 is 0 Å². The summed E-state index contributed by atoms with van der Waals surface area (Å²) in [7, 11) is 0. The molecule has 1 heterocycles. The van der Waals surface area contributed by atoms with Crippen molar-refractivity contribution in [1.82, 2.24) is 5.16 Å². The first kappa shape index (κ1) is 18.5. The highest BCUT2D eigenvalue weighted by molar-refractivity contribution is 8.00. The summed E-state index contributed by atoms with van der Waals surface area (Å²) in [5.74, 6) is -0.323. The van der Waals surface area contributed by atoms with Gasteiger partial charge in [0, 0.05) is 23.1 Å². The van der Waals surface area contributed by atoms with E-state index in [4.69, 9.17) is 9.26 Å². The topological polar surface area (TPSA) is 125 Å². The number of hydrogen-bond acceptors (Lipinski definition) is 8. The van der Waals surface area contributed by atoms with Crippen LogP contribution in [-0.2, 0) is 14.3 Å². The molecule has 10 heteroatoms. The molecule has 1 aromatic carbocycles. The van der Waals surface area contributed by atoms with Crippen LogP contribution in [0.5, 0.6) is 0 Å². The molecule has 0 radical (unpaired) electrons. The first-order valence-electron chi connectivity index (χ1n) is 7.16. The van der Waals surface area contributed by atoms with Gasteiger partial charge in [-0.25, -0.2) is 0 Å². The molecule has 0 saturated carbocycles. The highest BCUT2D eigenvalue weighted by Crippen LogP contribution is 2.26. The van der Waals surface area contributed by atoms with Crippen molar-refractivity contribution in [1.29, 1.82) is 0 Å². The number of ether oxygens (including phenoxy) is 1. The molecule has 0 saturated heterocycles. The predicted octanol–water partition coefficient (Wildman–Crippen LogP) is 2.55. The Labute approximate surface area is 146 Å². The maximum atomic E-state index is 11.9. The minimum absolute atomic E-state index is 0.0284. The number of rotatable bonds is 7. The molecule has 2 aromatic rings. The Balaban J connectivity index is 1.79. The van der Waals surface area contributed by atoms with Crippen LogP contribution in [0.4, 0.5) is 11.5 Å². The van der Waals surface area contributed by atoms with E-state index in [9.17, 15) is 19.7 Å². The average Bonchev–Trinajstić information content (AvgIpc) is 2.97. The fourth-order valence-corrected chi connectivity index (χ4v) is 2.62. The Morgan fingerprint density at radius 2 is 2.08 bits per heavy atom. The minimum Gasteiger partial charge on any atom is -0.455 e. The molecule has 0 aliphatic rings. The number of aromatic nitrogens is 1. The number of hydrogen-bond donors (Lipinski definition) is 1. The lowest BCUT2D eigenvalue weighted by Gasteiger charge is -2.10. The van der Waals surface area contributed by atoms with Crippen molar-refractivity contribution < 1.29 is 23.8 Å². The van der Waals surface area contributed by atoms with E-state index in [0.717, 1.165) is 0 Å². The van der Waals surface area contributed by atoms with Gasteiger partial charge in [-0.15, -0.1) is 11.8 Å². The van der Waals surface area contributed by atoms with Gasteiger partial charge in [-0.1, -0.05) is 5.16 Å². The molecule has 25 heavy (non-hydrogen) atoms. The Morgan fingerprint density at radius 3 is 2.64 bits per heavy atom. The van der Waals surface area contributed by atoms with Crippen LogP contribution in [0, 0.1) is 17.0 Å². The number of nitrogens with one attached hydrogen (secondary N) is 1. The molecule has 0 unspecified atom stereocenters. The molecule has 0 fully saturated rings. The lowest BCUT2D eigenvalue weighted by molar-refractivity contribution is -0.384. The summed E-state index contributed by atoms with van der Waals surface area (Å²) >= 11 is 1.17. The molecular formula is C15H15N3O6S. The number of non-ortho nitro benzene ring substituents is 1. The normalized spacial score (nSPS) is 11.6. The lowest BCUT2D eigenvalue weighted by Crippen LogP contribution is -2.24. The molecule has 1 atom stereocenters. The summed E-state index contributed by atoms with van der Waals surface area (Å²) in [6, 6.07) is 7.34. The van der Waals surface area contributed by atoms with Gasteiger partial charge >= 0.3 is 5.97 Å². The molecule has 0 aliphatic heterocycles. The number of esters is 1. The fourth-order valence-electron chi connectivity index (χ4n) is 1.76. The van der Waals surface area contributed by atoms with E-state index in [1.54, 1.807) is 26.0 Å². The summed E-state index contributed by atoms with van der Waals surface area (Å²) in [5.41, 5.74) is -0.0284. The van der Waals surface area contributed by atoms with Gasteiger partial charge in [0.25, 0.3) is 11.6 Å². The van der Waals surface area contributed by atoms with E-state index in [2.05, 4.69) is 10.5 Å². The van der Waals surface area contributed by atoms with Gasteiger partial charge < -0.3 is 14.6 Å². The van der Waals surface area contributed by atoms with Gasteiger partial charge in [0.15, 0.2) is 12.4 Å². The Bertz CT molecular complexity index is 774. The monoisotopic (exact) mass is 365 g/mol. The predicted molar refractivity (Wildman–Crippen MR) is 89.2 cm³/mol. The third kappa shape index (κ3) is 5.60. The van der Waals surface area contributed by atoms with Crippen LogP contribution in [-0.4, -0.2) is 33.8 Å². The third-order valence-electron chi connectivity index (χ3n) is 2.93. The highest BCUT2D eigenvalue weighted by atomic mass is 32.2. The Hall–Kier alpha value is -2.88. The first-order chi connectivity index (χ1) is 11.8. The highest BCUT2D eigenvalue weighted by Gasteiger charge is 2.18. The van der Waals surface area contributed by atoms with Crippen LogP contribution < -0.4 is 5.32 Å². The molecule has 132 valence electrons. The van der Waals surface area contributed by atoms with Crippen molar-refractivity contribution in [2.75, 3.05) is 11.9 Å². The van der Waals surface area contributed by atoms with Crippen molar-refractivity contribution >= 4 is 35.1 Å². The number of nitro groups is 1. The van der Waals surface area contributed by atoms with E-state index in [-0.39, 0.29) is 11.5 Å². The number of aryl methyl sites for hydroxylation is 1. The minimum atomic E-state index is -0.580. The van der Waals surface area contributed by atoms with Gasteiger partial charge in [-0.2, -0.15) is 0 Å². The Morgan fingerprint density at radius 1 is 1.40 bits per heavy atom. The number of amides is 1. The molecule has 0 spiro atoms. The quantitative estimate of drug-likeness (QED) is 0.343. The van der Waals surface area contributed by atoms with Crippen molar-refractivity contribution in [2.45, 2.75) is 24.0 Å². The second kappa shape index (κ2) is 8.29. The number of nitrogens with zero attached hydrogens (tertiary/aromatic N) is 2. The number of thioether (sulfide) groups is 1. The first-order valence-corrected chi connectivity index (χ1v) is 8.04. The summed E-state index contributed by atoms with van der Waals surface area (Å²) in [4.78, 5) is 34.4. The number of carbonyl (C=O) groups is 2. The maximum Gasteiger partial charge on any atom is 0.319 e. The van der Waals surface area contributed by atoms with Crippen molar-refractivity contribution in [3.8, 4) is 0 Å². The number of benzene rings is 1. The molecule has 1 aromatic heterocycles. The zero-order chi connectivity index (χ0) is 18.4. The molecule has 1 N–H and O–H groups in total. The van der Waals surface area contributed by atoms with Crippen molar-refractivity contribution in [3.63, 3.8) is 0 Å². The second-order valence-electron chi connectivity index (χ2n) is 4.99. The van der Waals surface area contributed by atoms with Crippen LogP contribution in [0.3, 0.4) is 0 Å². The van der Waals surface area contributed by atoms with Crippen LogP contribution in [0.1, 0.15) is 12.7 Å². The van der Waals surface area contributed by atoms with Crippen molar-refractivity contribution in [2.24, 2.45) is 0 Å². The third-order valence-corrected chi connectivity index (χ3v) is 4.02. The molecular weight excluding hydrogens is 350 g/mol. The van der Waals surface area contributed by atoms with Gasteiger partial charge in [-0.05, 0) is 26.0 Å². The average molecular weight is 365 g/mol. The Kier molecular flexibility index (Phi) is 6.12. The summed E-state index contributed by atoms with van der Waals surface area (Å²) in [6.07, 6.45) is 0. The molecule has 9 nitrogen and oxygen atoms in total. The molecule has 0 aliphatic carbocycles. The zero-order valence-corrected chi connectivity index (χ0v) is 14.2. The zero-order valence-electron chi connectivity index (χ0n) is 13.4.